The van der Waals surface area contributed by atoms with Gasteiger partial charge in [0.1, 0.15) is 0 Å². The van der Waals surface area contributed by atoms with Crippen LogP contribution in [0.1, 0.15) is 22.3 Å². The Balaban J connectivity index is 1.03. The van der Waals surface area contributed by atoms with Gasteiger partial charge in [-0.2, -0.15) is 0 Å². The van der Waals surface area contributed by atoms with Crippen molar-refractivity contribution in [3.63, 3.8) is 0 Å². The van der Waals surface area contributed by atoms with Crippen LogP contribution in [0.2, 0.25) is 0 Å². The van der Waals surface area contributed by atoms with Crippen LogP contribution in [0.4, 0.5) is 0 Å². The number of rotatable bonds is 3. The molecule has 1 aliphatic carbocycles. The predicted octanol–water partition coefficient (Wildman–Crippen LogP) is 15.5. The lowest BCUT2D eigenvalue weighted by Crippen LogP contribution is -2.31. The highest BCUT2D eigenvalue weighted by Gasteiger charge is 2.50. The lowest BCUT2D eigenvalue weighted by molar-refractivity contribution is 0.723. The lowest BCUT2D eigenvalue weighted by atomic mass is 9.67. The molecule has 2 aliphatic rings. The summed E-state index contributed by atoms with van der Waals surface area (Å²) in [5.41, 5.74) is 17.2. The predicted molar refractivity (Wildman–Crippen MR) is 259 cm³/mol. The summed E-state index contributed by atoms with van der Waals surface area (Å²) in [5, 5.41) is 7.50. The first-order valence-corrected chi connectivity index (χ1v) is 22.2. The van der Waals surface area contributed by atoms with E-state index in [0.29, 0.717) is 0 Å². The van der Waals surface area contributed by atoms with Gasteiger partial charge in [0, 0.05) is 42.4 Å². The molecule has 0 unspecified atom stereocenters. The fourth-order valence-corrected chi connectivity index (χ4v) is 12.5. The zero-order valence-electron chi connectivity index (χ0n) is 33.6. The fourth-order valence-electron chi connectivity index (χ4n) is 11.3. The van der Waals surface area contributed by atoms with E-state index in [4.69, 9.17) is 0 Å². The van der Waals surface area contributed by atoms with Crippen LogP contribution in [0.15, 0.2) is 228 Å². The summed E-state index contributed by atoms with van der Waals surface area (Å²) < 4.78 is 4.93. The zero-order chi connectivity index (χ0) is 40.5. The Labute approximate surface area is 362 Å². The Hall–Kier alpha value is -7.59. The normalized spacial score (nSPS) is 13.5. The summed E-state index contributed by atoms with van der Waals surface area (Å²) in [6, 6.07) is 81.5. The first-order valence-electron chi connectivity index (χ1n) is 21.4. The van der Waals surface area contributed by atoms with E-state index in [1.807, 2.05) is 11.8 Å². The second-order valence-corrected chi connectivity index (χ2v) is 17.8. The number of benzene rings is 10. The Morgan fingerprint density at radius 1 is 0.306 bits per heavy atom. The summed E-state index contributed by atoms with van der Waals surface area (Å²) in [4.78, 5) is 2.64. The molecule has 3 heteroatoms. The average molecular weight is 805 g/mol. The fraction of sp³-hybridized carbons (Fsp3) is 0.0169. The summed E-state index contributed by atoms with van der Waals surface area (Å²) in [6.45, 7) is 0. The Morgan fingerprint density at radius 3 is 1.65 bits per heavy atom. The molecule has 62 heavy (non-hydrogen) atoms. The highest BCUT2D eigenvalue weighted by Crippen LogP contribution is 2.63. The Bertz CT molecular complexity index is 3800. The van der Waals surface area contributed by atoms with Gasteiger partial charge in [-0.05, 0) is 117 Å². The molecular weight excluding hydrogens is 769 g/mol. The molecule has 0 fully saturated rings. The Kier molecular flexibility index (Phi) is 7.01. The third-order valence-corrected chi connectivity index (χ3v) is 14.9. The van der Waals surface area contributed by atoms with E-state index in [1.165, 1.54) is 120 Å². The first-order chi connectivity index (χ1) is 30.8. The second-order valence-electron chi connectivity index (χ2n) is 16.8. The van der Waals surface area contributed by atoms with Crippen molar-refractivity contribution in [3.05, 3.63) is 241 Å². The van der Waals surface area contributed by atoms with E-state index in [1.54, 1.807) is 0 Å². The van der Waals surface area contributed by atoms with Crippen LogP contribution in [0, 0.1) is 0 Å². The van der Waals surface area contributed by atoms with Gasteiger partial charge in [-0.15, -0.1) is 0 Å². The molecule has 2 aromatic heterocycles. The summed E-state index contributed by atoms with van der Waals surface area (Å²) >= 11 is 1.90. The smallest absolute Gasteiger partial charge is 0.0736 e. The van der Waals surface area contributed by atoms with E-state index >= 15 is 0 Å². The molecule has 0 amide bonds. The number of hydrogen-bond acceptors (Lipinski definition) is 1. The number of aromatic nitrogens is 2. The van der Waals surface area contributed by atoms with Crippen molar-refractivity contribution in [3.8, 4) is 33.6 Å². The van der Waals surface area contributed by atoms with Crippen molar-refractivity contribution in [2.75, 3.05) is 0 Å². The molecule has 288 valence electrons. The van der Waals surface area contributed by atoms with Crippen LogP contribution in [-0.4, -0.2) is 9.13 Å². The molecule has 0 N–H and O–H groups in total. The van der Waals surface area contributed by atoms with Gasteiger partial charge in [-0.3, -0.25) is 0 Å². The van der Waals surface area contributed by atoms with Gasteiger partial charge in [0.2, 0.25) is 0 Å². The van der Waals surface area contributed by atoms with Gasteiger partial charge in [-0.1, -0.05) is 163 Å². The molecule has 12 aromatic rings. The quantitative estimate of drug-likeness (QED) is 0.173. The standard InChI is InChI=1S/C59H36N2S/c1-2-16-38(17-3-1)60-52-27-10-5-19-43(52)46-34-37(32-33-55(46)60)39-21-14-23-42-40(39)22-15-29-54(42)61-53-28-11-6-20-44(53)47-35-45-41-18-4-7-24-48(41)59(51(45)36-56(47)61)49-25-8-12-30-57(49)62-58-31-13-9-26-50(58)59/h1-36H. The van der Waals surface area contributed by atoms with E-state index in [2.05, 4.69) is 228 Å². The number of para-hydroxylation sites is 3. The van der Waals surface area contributed by atoms with Crippen LogP contribution in [0.5, 0.6) is 0 Å². The SMILES string of the molecule is c1ccc(-n2c3ccccc3c3cc(-c4cccc5c(-n6c7ccccc7c7cc8c(cc76)C6(c7ccccc7Sc7ccccc76)c6ccccc6-8)cccc45)ccc32)cc1. The van der Waals surface area contributed by atoms with Gasteiger partial charge in [-0.25, -0.2) is 0 Å². The molecule has 10 aromatic carbocycles. The topological polar surface area (TPSA) is 9.86 Å². The molecule has 0 radical (unpaired) electrons. The van der Waals surface area contributed by atoms with E-state index < -0.39 is 5.41 Å². The van der Waals surface area contributed by atoms with Crippen molar-refractivity contribution < 1.29 is 0 Å². The van der Waals surface area contributed by atoms with Gasteiger partial charge in [0.05, 0.1) is 33.2 Å². The van der Waals surface area contributed by atoms with Crippen LogP contribution in [-0.2, 0) is 5.41 Å². The largest absolute Gasteiger partial charge is 0.309 e. The van der Waals surface area contributed by atoms with Crippen molar-refractivity contribution >= 4 is 66.1 Å². The highest BCUT2D eigenvalue weighted by atomic mass is 32.2. The molecule has 0 atom stereocenters. The van der Waals surface area contributed by atoms with Gasteiger partial charge < -0.3 is 9.13 Å². The number of hydrogen-bond donors (Lipinski definition) is 0. The van der Waals surface area contributed by atoms with Crippen molar-refractivity contribution in [2.24, 2.45) is 0 Å². The molecular formula is C59H36N2S. The van der Waals surface area contributed by atoms with E-state index in [0.717, 1.165) is 0 Å². The summed E-state index contributed by atoms with van der Waals surface area (Å²) in [6.07, 6.45) is 0. The second kappa shape index (κ2) is 12.7. The third kappa shape index (κ3) is 4.45. The lowest BCUT2D eigenvalue weighted by Gasteiger charge is -2.39. The van der Waals surface area contributed by atoms with Crippen molar-refractivity contribution in [1.82, 2.24) is 9.13 Å². The summed E-state index contributed by atoms with van der Waals surface area (Å²) in [5.74, 6) is 0. The van der Waals surface area contributed by atoms with Crippen LogP contribution >= 0.6 is 11.8 Å². The van der Waals surface area contributed by atoms with Gasteiger partial charge in [0.25, 0.3) is 0 Å². The molecule has 2 nitrogen and oxygen atoms in total. The Morgan fingerprint density at radius 2 is 0.871 bits per heavy atom. The third-order valence-electron chi connectivity index (χ3n) is 13.8. The zero-order valence-corrected chi connectivity index (χ0v) is 34.4. The molecule has 0 saturated heterocycles. The minimum Gasteiger partial charge on any atom is -0.309 e. The molecule has 3 heterocycles. The maximum absolute atomic E-state index is 2.55. The molecule has 0 saturated carbocycles. The molecule has 1 spiro atoms. The van der Waals surface area contributed by atoms with Crippen LogP contribution in [0.25, 0.3) is 88.0 Å². The minimum atomic E-state index is -0.450. The summed E-state index contributed by atoms with van der Waals surface area (Å²) in [7, 11) is 0. The van der Waals surface area contributed by atoms with Crippen molar-refractivity contribution in [2.45, 2.75) is 15.2 Å². The first kappa shape index (κ1) is 34.2. The van der Waals surface area contributed by atoms with Crippen LogP contribution in [0.3, 0.4) is 0 Å². The minimum absolute atomic E-state index is 0.450. The van der Waals surface area contributed by atoms with Crippen molar-refractivity contribution in [1.29, 1.82) is 0 Å². The maximum atomic E-state index is 2.55. The highest BCUT2D eigenvalue weighted by molar-refractivity contribution is 7.99. The average Bonchev–Trinajstić information content (AvgIpc) is 3.94. The van der Waals surface area contributed by atoms with Crippen LogP contribution < -0.4 is 0 Å². The number of nitrogens with zero attached hydrogens (tertiary/aromatic N) is 2. The van der Waals surface area contributed by atoms with E-state index in [-0.39, 0.29) is 0 Å². The maximum Gasteiger partial charge on any atom is 0.0736 e. The monoisotopic (exact) mass is 804 g/mol. The van der Waals surface area contributed by atoms with Gasteiger partial charge in [0.15, 0.2) is 0 Å². The van der Waals surface area contributed by atoms with Gasteiger partial charge >= 0.3 is 0 Å². The van der Waals surface area contributed by atoms with E-state index in [9.17, 15) is 0 Å². The molecule has 14 rings (SSSR count). The number of fused-ring (bicyclic) bond motifs is 16. The molecule has 1 aliphatic heterocycles. The molecule has 0 bridgehead atoms.